The highest BCUT2D eigenvalue weighted by Gasteiger charge is 2.25. The first-order chi connectivity index (χ1) is 25.0. The number of pyridine rings is 2. The van der Waals surface area contributed by atoms with Gasteiger partial charge in [0.2, 0.25) is 0 Å². The maximum absolute atomic E-state index is 10.9. The number of hydrogen-bond donors (Lipinski definition) is 1. The number of aromatic hydroxyl groups is 1. The highest BCUT2D eigenvalue weighted by Crippen LogP contribution is 2.41. The second kappa shape index (κ2) is 14.0. The van der Waals surface area contributed by atoms with Crippen molar-refractivity contribution in [3.05, 3.63) is 180 Å². The Morgan fingerprint density at radius 3 is 1.81 bits per heavy atom. The van der Waals surface area contributed by atoms with E-state index in [1.807, 2.05) is 54.7 Å². The van der Waals surface area contributed by atoms with Crippen LogP contribution in [0.1, 0.15) is 56.9 Å². The minimum Gasteiger partial charge on any atom is -0.507 e. The van der Waals surface area contributed by atoms with Crippen LogP contribution in [0.3, 0.4) is 0 Å². The van der Waals surface area contributed by atoms with Gasteiger partial charge in [0, 0.05) is 34.1 Å². The number of para-hydroxylation sites is 1. The van der Waals surface area contributed by atoms with E-state index in [1.54, 1.807) is 6.07 Å². The highest BCUT2D eigenvalue weighted by atomic mass is 16.3. The Kier molecular flexibility index (Phi) is 9.25. The van der Waals surface area contributed by atoms with Gasteiger partial charge in [0.15, 0.2) is 0 Å². The van der Waals surface area contributed by atoms with Crippen LogP contribution in [0.2, 0.25) is 0 Å². The molecule has 0 saturated carbocycles. The Hall–Kier alpha value is -6.00. The molecule has 7 rings (SSSR count). The van der Waals surface area contributed by atoms with Crippen LogP contribution >= 0.6 is 0 Å². The average Bonchev–Trinajstić information content (AvgIpc) is 3.16. The zero-order valence-electron chi connectivity index (χ0n) is 30.8. The summed E-state index contributed by atoms with van der Waals surface area (Å²) in [4.78, 5) is 12.3. The third kappa shape index (κ3) is 7.11. The fourth-order valence-electron chi connectivity index (χ4n) is 6.69. The molecule has 52 heavy (non-hydrogen) atoms. The van der Waals surface area contributed by atoms with Crippen molar-refractivity contribution in [1.29, 1.82) is 0 Å². The van der Waals surface area contributed by atoms with E-state index in [9.17, 15) is 5.11 Å². The fourth-order valence-corrected chi connectivity index (χ4v) is 6.69. The van der Waals surface area contributed by atoms with Gasteiger partial charge in [0.05, 0.1) is 11.4 Å². The Balaban J connectivity index is 1.40. The van der Waals surface area contributed by atoms with Gasteiger partial charge >= 0.3 is 0 Å². The van der Waals surface area contributed by atoms with Gasteiger partial charge < -0.3 is 5.11 Å². The zero-order chi connectivity index (χ0) is 36.5. The first-order valence-electron chi connectivity index (χ1n) is 17.9. The van der Waals surface area contributed by atoms with Crippen LogP contribution in [0.4, 0.5) is 17.2 Å². The number of aryl methyl sites for hydroxylation is 1. The summed E-state index contributed by atoms with van der Waals surface area (Å²) in [6, 6.07) is 52.4. The van der Waals surface area contributed by atoms with Gasteiger partial charge in [0.25, 0.3) is 0 Å². The number of phenolic OH excluding ortho intramolecular Hbond substituents is 1. The second-order valence-corrected chi connectivity index (χ2v) is 15.1. The molecule has 1 N–H and O–H groups in total. The number of hydrogen-bond acceptors (Lipinski definition) is 4. The molecule has 0 aliphatic carbocycles. The molecule has 4 nitrogen and oxygen atoms in total. The lowest BCUT2D eigenvalue weighted by Gasteiger charge is -2.30. The molecule has 0 aliphatic heterocycles. The van der Waals surface area contributed by atoms with Gasteiger partial charge in [-0.25, -0.2) is 9.97 Å². The van der Waals surface area contributed by atoms with E-state index in [-0.39, 0.29) is 16.6 Å². The third-order valence-electron chi connectivity index (χ3n) is 9.95. The Bertz CT molecular complexity index is 2300. The fraction of sp³-hybridized carbons (Fsp3) is 0.167. The summed E-state index contributed by atoms with van der Waals surface area (Å²) in [6.07, 6.45) is 1.84. The zero-order valence-corrected chi connectivity index (χ0v) is 30.8. The molecular weight excluding hydrogens is 635 g/mol. The molecule has 258 valence electrons. The third-order valence-corrected chi connectivity index (χ3v) is 9.95. The van der Waals surface area contributed by atoms with Crippen molar-refractivity contribution in [2.24, 2.45) is 0 Å². The SMILES string of the molecule is Cc1ccc(C(C)(C)c2ccc(N(c3cc(-c4cc(-c5ccccc5)cc(-c5ccccc5O)n4)cc(C(C)(C)C)c3)c3ccccn3)cc2)cc1. The molecule has 0 atom stereocenters. The normalized spacial score (nSPS) is 11.7. The molecule has 0 bridgehead atoms. The summed E-state index contributed by atoms with van der Waals surface area (Å²) in [5.41, 5.74) is 12.0. The molecule has 0 spiro atoms. The van der Waals surface area contributed by atoms with Gasteiger partial charge in [-0.05, 0) is 107 Å². The minimum absolute atomic E-state index is 0.153. The molecule has 0 radical (unpaired) electrons. The lowest BCUT2D eigenvalue weighted by atomic mass is 9.78. The summed E-state index contributed by atoms with van der Waals surface area (Å²) < 4.78 is 0. The molecule has 2 heterocycles. The van der Waals surface area contributed by atoms with Crippen molar-refractivity contribution in [2.75, 3.05) is 4.90 Å². The molecule has 5 aromatic carbocycles. The van der Waals surface area contributed by atoms with Crippen molar-refractivity contribution in [2.45, 2.75) is 52.4 Å². The molecule has 0 unspecified atom stereocenters. The van der Waals surface area contributed by atoms with Crippen LogP contribution < -0.4 is 4.90 Å². The van der Waals surface area contributed by atoms with Crippen LogP contribution in [0.15, 0.2) is 158 Å². The Morgan fingerprint density at radius 2 is 1.15 bits per heavy atom. The average molecular weight is 680 g/mol. The number of aromatic nitrogens is 2. The van der Waals surface area contributed by atoms with Gasteiger partial charge in [-0.1, -0.05) is 125 Å². The van der Waals surface area contributed by atoms with E-state index in [1.165, 1.54) is 22.3 Å². The van der Waals surface area contributed by atoms with E-state index >= 15 is 0 Å². The number of benzene rings is 5. The molecule has 0 fully saturated rings. The van der Waals surface area contributed by atoms with Crippen LogP contribution in [0, 0.1) is 6.92 Å². The lowest BCUT2D eigenvalue weighted by molar-refractivity contribution is 0.477. The first-order valence-corrected chi connectivity index (χ1v) is 17.9. The van der Waals surface area contributed by atoms with Crippen molar-refractivity contribution in [3.63, 3.8) is 0 Å². The topological polar surface area (TPSA) is 49.2 Å². The number of anilines is 3. The maximum atomic E-state index is 10.9. The van der Waals surface area contributed by atoms with Crippen LogP contribution in [-0.2, 0) is 10.8 Å². The summed E-state index contributed by atoms with van der Waals surface area (Å²) in [6.45, 7) is 13.4. The summed E-state index contributed by atoms with van der Waals surface area (Å²) in [5.74, 6) is 1.02. The van der Waals surface area contributed by atoms with E-state index < -0.39 is 0 Å². The number of nitrogens with zero attached hydrogens (tertiary/aromatic N) is 3. The quantitative estimate of drug-likeness (QED) is 0.174. The molecule has 7 aromatic rings. The Morgan fingerprint density at radius 1 is 0.519 bits per heavy atom. The van der Waals surface area contributed by atoms with Crippen LogP contribution in [0.25, 0.3) is 33.6 Å². The summed E-state index contributed by atoms with van der Waals surface area (Å²) in [7, 11) is 0. The minimum atomic E-state index is -0.165. The van der Waals surface area contributed by atoms with E-state index in [0.717, 1.165) is 39.6 Å². The van der Waals surface area contributed by atoms with Gasteiger partial charge in [-0.3, -0.25) is 4.90 Å². The Labute approximate surface area is 308 Å². The van der Waals surface area contributed by atoms with Crippen LogP contribution in [0.5, 0.6) is 5.75 Å². The van der Waals surface area contributed by atoms with E-state index in [0.29, 0.717) is 11.3 Å². The second-order valence-electron chi connectivity index (χ2n) is 15.1. The van der Waals surface area contributed by atoms with Gasteiger partial charge in [0.1, 0.15) is 11.6 Å². The highest BCUT2D eigenvalue weighted by molar-refractivity contribution is 5.82. The largest absolute Gasteiger partial charge is 0.507 e. The monoisotopic (exact) mass is 679 g/mol. The van der Waals surface area contributed by atoms with Crippen LogP contribution in [-0.4, -0.2) is 15.1 Å². The van der Waals surface area contributed by atoms with Crippen molar-refractivity contribution in [1.82, 2.24) is 9.97 Å². The van der Waals surface area contributed by atoms with Crippen molar-refractivity contribution >= 4 is 17.2 Å². The molecule has 2 aromatic heterocycles. The number of phenols is 1. The molecule has 0 amide bonds. The predicted octanol–water partition coefficient (Wildman–Crippen LogP) is 12.6. The lowest BCUT2D eigenvalue weighted by Crippen LogP contribution is -2.19. The standard InChI is InChI=1S/C48H45N3O/c1-33-19-21-37(22-20-33)48(5,6)38-23-25-40(26-24-38)51(46-18-12-13-27-49-46)41-29-36(28-39(32-41)47(2,3)4)43-30-35(34-14-8-7-9-15-34)31-44(50-43)42-16-10-11-17-45(42)52/h7-32,52H,1-6H3. The summed E-state index contributed by atoms with van der Waals surface area (Å²) >= 11 is 0. The van der Waals surface area contributed by atoms with Gasteiger partial charge in [-0.2, -0.15) is 0 Å². The predicted molar refractivity (Wildman–Crippen MR) is 217 cm³/mol. The summed E-state index contributed by atoms with van der Waals surface area (Å²) in [5, 5.41) is 10.9. The van der Waals surface area contributed by atoms with E-state index in [4.69, 9.17) is 9.97 Å². The molecular formula is C48H45N3O. The molecule has 0 saturated heterocycles. The maximum Gasteiger partial charge on any atom is 0.137 e. The smallest absolute Gasteiger partial charge is 0.137 e. The van der Waals surface area contributed by atoms with Crippen molar-refractivity contribution in [3.8, 4) is 39.4 Å². The number of rotatable bonds is 8. The molecule has 0 aliphatic rings. The first kappa shape index (κ1) is 34.4. The van der Waals surface area contributed by atoms with Crippen molar-refractivity contribution < 1.29 is 5.11 Å². The van der Waals surface area contributed by atoms with E-state index in [2.05, 4.69) is 144 Å². The van der Waals surface area contributed by atoms with Gasteiger partial charge in [-0.15, -0.1) is 0 Å². The molecule has 4 heteroatoms.